The van der Waals surface area contributed by atoms with Crippen molar-refractivity contribution >= 4 is 0 Å². The van der Waals surface area contributed by atoms with Gasteiger partial charge in [-0.25, -0.2) is 0 Å². The van der Waals surface area contributed by atoms with Crippen LogP contribution in [0.4, 0.5) is 0 Å². The first kappa shape index (κ1) is 11.1. The Labute approximate surface area is 102 Å². The summed E-state index contributed by atoms with van der Waals surface area (Å²) in [5.74, 6) is 0.288. The summed E-state index contributed by atoms with van der Waals surface area (Å²) in [6.45, 7) is 0.997. The molecule has 3 heteroatoms. The van der Waals surface area contributed by atoms with Crippen LogP contribution in [0.15, 0.2) is 24.3 Å². The van der Waals surface area contributed by atoms with Crippen LogP contribution >= 0.6 is 0 Å². The predicted molar refractivity (Wildman–Crippen MR) is 65.8 cm³/mol. The Balaban J connectivity index is 1.84. The van der Waals surface area contributed by atoms with Gasteiger partial charge in [0.15, 0.2) is 0 Å². The van der Waals surface area contributed by atoms with Gasteiger partial charge in [0, 0.05) is 12.6 Å². The van der Waals surface area contributed by atoms with Crippen molar-refractivity contribution in [2.24, 2.45) is 0 Å². The van der Waals surface area contributed by atoms with Gasteiger partial charge in [0.1, 0.15) is 5.75 Å². The molecule has 1 aliphatic heterocycles. The van der Waals surface area contributed by atoms with Crippen LogP contribution in [0, 0.1) is 0 Å². The number of aliphatic hydroxyl groups is 1. The minimum atomic E-state index is -0.264. The molecule has 17 heavy (non-hydrogen) atoms. The van der Waals surface area contributed by atoms with Gasteiger partial charge in [0.2, 0.25) is 0 Å². The molecule has 0 amide bonds. The van der Waals surface area contributed by atoms with Crippen molar-refractivity contribution in [3.8, 4) is 5.75 Å². The highest BCUT2D eigenvalue weighted by molar-refractivity contribution is 5.29. The zero-order chi connectivity index (χ0) is 11.8. The number of benzene rings is 1. The number of likely N-dealkylation sites (tertiary alicyclic amines) is 1. The van der Waals surface area contributed by atoms with Crippen molar-refractivity contribution in [3.63, 3.8) is 0 Å². The molecule has 1 heterocycles. The Hall–Kier alpha value is -1.06. The van der Waals surface area contributed by atoms with Crippen LogP contribution in [0.25, 0.3) is 0 Å². The summed E-state index contributed by atoms with van der Waals surface area (Å²) in [7, 11) is 0. The number of phenolic OH excluding ortho intramolecular Hbond substituents is 1. The first-order chi connectivity index (χ1) is 8.25. The summed E-state index contributed by atoms with van der Waals surface area (Å²) < 4.78 is 0. The fraction of sp³-hybridized carbons (Fsp3) is 0.571. The van der Waals surface area contributed by atoms with Gasteiger partial charge in [0.25, 0.3) is 0 Å². The average Bonchev–Trinajstić information content (AvgIpc) is 2.60. The molecule has 0 spiro atoms. The van der Waals surface area contributed by atoms with E-state index in [-0.39, 0.29) is 17.9 Å². The van der Waals surface area contributed by atoms with E-state index in [4.69, 9.17) is 0 Å². The second kappa shape index (κ2) is 4.31. The lowest BCUT2D eigenvalue weighted by Gasteiger charge is -2.39. The van der Waals surface area contributed by atoms with E-state index >= 15 is 0 Å². The summed E-state index contributed by atoms with van der Waals surface area (Å²) in [5.41, 5.74) is 1.12. The summed E-state index contributed by atoms with van der Waals surface area (Å²) in [6.07, 6.45) is 4.45. The Morgan fingerprint density at radius 1 is 1.06 bits per heavy atom. The van der Waals surface area contributed by atoms with Crippen LogP contribution in [0.2, 0.25) is 0 Å². The molecule has 2 unspecified atom stereocenters. The molecule has 2 N–H and O–H groups in total. The van der Waals surface area contributed by atoms with E-state index in [1.165, 1.54) is 19.3 Å². The van der Waals surface area contributed by atoms with Gasteiger partial charge in [-0.3, -0.25) is 4.90 Å². The second-order valence-electron chi connectivity index (χ2n) is 5.21. The van der Waals surface area contributed by atoms with E-state index in [1.807, 2.05) is 12.1 Å². The summed E-state index contributed by atoms with van der Waals surface area (Å²) in [6, 6.07) is 8.06. The third-order valence-electron chi connectivity index (χ3n) is 4.18. The lowest BCUT2D eigenvalue weighted by Crippen LogP contribution is -2.41. The normalized spacial score (nSPS) is 30.4. The Morgan fingerprint density at radius 3 is 2.35 bits per heavy atom. The van der Waals surface area contributed by atoms with Gasteiger partial charge in [-0.2, -0.15) is 0 Å². The highest BCUT2D eigenvalue weighted by Crippen LogP contribution is 2.39. The molecule has 0 aromatic heterocycles. The zero-order valence-corrected chi connectivity index (χ0v) is 9.92. The molecule has 1 aromatic rings. The van der Waals surface area contributed by atoms with Crippen LogP contribution in [0.1, 0.15) is 37.3 Å². The van der Waals surface area contributed by atoms with E-state index in [9.17, 15) is 10.2 Å². The zero-order valence-electron chi connectivity index (χ0n) is 9.92. The van der Waals surface area contributed by atoms with E-state index < -0.39 is 0 Å². The minimum Gasteiger partial charge on any atom is -0.508 e. The fourth-order valence-electron chi connectivity index (χ4n) is 3.01. The van der Waals surface area contributed by atoms with Crippen LogP contribution in [0.3, 0.4) is 0 Å². The number of nitrogens with zero attached hydrogens (tertiary/aromatic N) is 1. The lowest BCUT2D eigenvalue weighted by molar-refractivity contribution is 0.0631. The molecule has 1 aromatic carbocycles. The highest BCUT2D eigenvalue weighted by Gasteiger charge is 2.39. The lowest BCUT2D eigenvalue weighted by atomic mass is 9.90. The van der Waals surface area contributed by atoms with Gasteiger partial charge in [-0.05, 0) is 37.0 Å². The topological polar surface area (TPSA) is 43.7 Å². The van der Waals surface area contributed by atoms with E-state index in [2.05, 4.69) is 4.90 Å². The standard InChI is InChI=1S/C14H19NO2/c16-12-6-4-10(5-7-12)14-13(17)8-9-15(14)11-2-1-3-11/h4-7,11,13-14,16-17H,1-3,8-9H2. The molecule has 2 fully saturated rings. The molecule has 0 radical (unpaired) electrons. The van der Waals surface area contributed by atoms with Gasteiger partial charge in [-0.1, -0.05) is 18.6 Å². The molecular formula is C14H19NO2. The molecule has 2 aliphatic rings. The fourth-order valence-corrected chi connectivity index (χ4v) is 3.01. The van der Waals surface area contributed by atoms with Crippen LogP contribution in [-0.4, -0.2) is 33.8 Å². The molecule has 1 saturated heterocycles. The molecule has 2 atom stereocenters. The smallest absolute Gasteiger partial charge is 0.115 e. The van der Waals surface area contributed by atoms with Crippen molar-refractivity contribution in [2.45, 2.75) is 43.9 Å². The van der Waals surface area contributed by atoms with Gasteiger partial charge >= 0.3 is 0 Å². The maximum absolute atomic E-state index is 10.1. The Morgan fingerprint density at radius 2 is 1.76 bits per heavy atom. The Kier molecular flexibility index (Phi) is 2.81. The first-order valence-electron chi connectivity index (χ1n) is 6.48. The predicted octanol–water partition coefficient (Wildman–Crippen LogP) is 2.05. The maximum Gasteiger partial charge on any atom is 0.115 e. The van der Waals surface area contributed by atoms with E-state index in [0.29, 0.717) is 6.04 Å². The van der Waals surface area contributed by atoms with Crippen molar-refractivity contribution in [3.05, 3.63) is 29.8 Å². The molecule has 92 valence electrons. The summed E-state index contributed by atoms with van der Waals surface area (Å²) >= 11 is 0. The molecule has 3 rings (SSSR count). The molecular weight excluding hydrogens is 214 g/mol. The van der Waals surface area contributed by atoms with Crippen molar-refractivity contribution in [1.29, 1.82) is 0 Å². The third-order valence-corrected chi connectivity index (χ3v) is 4.18. The Bertz CT molecular complexity index is 386. The quantitative estimate of drug-likeness (QED) is 0.821. The van der Waals surface area contributed by atoms with E-state index in [1.54, 1.807) is 12.1 Å². The number of aromatic hydroxyl groups is 1. The SMILES string of the molecule is Oc1ccc(C2C(O)CCN2C2CCC2)cc1. The average molecular weight is 233 g/mol. The van der Waals surface area contributed by atoms with Crippen LogP contribution < -0.4 is 0 Å². The van der Waals surface area contributed by atoms with Crippen molar-refractivity contribution in [1.82, 2.24) is 4.90 Å². The third kappa shape index (κ3) is 1.94. The number of hydrogen-bond donors (Lipinski definition) is 2. The van der Waals surface area contributed by atoms with Gasteiger partial charge in [-0.15, -0.1) is 0 Å². The van der Waals surface area contributed by atoms with Gasteiger partial charge in [0.05, 0.1) is 12.1 Å². The van der Waals surface area contributed by atoms with Crippen LogP contribution in [-0.2, 0) is 0 Å². The number of hydrogen-bond acceptors (Lipinski definition) is 3. The molecule has 1 saturated carbocycles. The van der Waals surface area contributed by atoms with Crippen molar-refractivity contribution in [2.75, 3.05) is 6.54 Å². The van der Waals surface area contributed by atoms with Crippen LogP contribution in [0.5, 0.6) is 5.75 Å². The molecule has 1 aliphatic carbocycles. The largest absolute Gasteiger partial charge is 0.508 e. The number of aliphatic hydroxyl groups excluding tert-OH is 1. The molecule has 3 nitrogen and oxygen atoms in total. The van der Waals surface area contributed by atoms with E-state index in [0.717, 1.165) is 18.5 Å². The number of phenols is 1. The second-order valence-corrected chi connectivity index (χ2v) is 5.21. The number of rotatable bonds is 2. The molecule has 0 bridgehead atoms. The van der Waals surface area contributed by atoms with Gasteiger partial charge < -0.3 is 10.2 Å². The minimum absolute atomic E-state index is 0.126. The highest BCUT2D eigenvalue weighted by atomic mass is 16.3. The maximum atomic E-state index is 10.1. The monoisotopic (exact) mass is 233 g/mol. The first-order valence-corrected chi connectivity index (χ1v) is 6.48. The summed E-state index contributed by atoms with van der Waals surface area (Å²) in [5, 5.41) is 19.5. The summed E-state index contributed by atoms with van der Waals surface area (Å²) in [4.78, 5) is 2.44. The van der Waals surface area contributed by atoms with Crippen molar-refractivity contribution < 1.29 is 10.2 Å².